The van der Waals surface area contributed by atoms with Crippen LogP contribution < -0.4 is 10.6 Å². The van der Waals surface area contributed by atoms with Crippen LogP contribution in [0.25, 0.3) is 0 Å². The Hall–Kier alpha value is -7.06. The number of hydrogen-bond acceptors (Lipinski definition) is 13. The van der Waals surface area contributed by atoms with E-state index in [0.29, 0.717) is 46.4 Å². The van der Waals surface area contributed by atoms with Crippen LogP contribution in [0, 0.1) is 23.7 Å². The molecule has 4 amide bonds. The van der Waals surface area contributed by atoms with Gasteiger partial charge in [-0.25, -0.2) is 0 Å². The monoisotopic (exact) mass is 960 g/mol. The van der Waals surface area contributed by atoms with Crippen molar-refractivity contribution in [2.75, 3.05) is 61.2 Å². The molecule has 0 aromatic heterocycles. The highest BCUT2D eigenvalue weighted by atomic mass is 16.7. The van der Waals surface area contributed by atoms with Crippen molar-refractivity contribution in [3.05, 3.63) is 142 Å². The predicted molar refractivity (Wildman–Crippen MR) is 258 cm³/mol. The number of Topliss-reactive ketones (excluding diaryl/α,β-unsaturated/α-hetero) is 2. The normalized spacial score (nSPS) is 15.4. The Bertz CT molecular complexity index is 2560. The van der Waals surface area contributed by atoms with E-state index >= 15 is 0 Å². The molecule has 17 heteroatoms. The second-order valence-corrected chi connectivity index (χ2v) is 16.4. The molecule has 0 spiro atoms. The molecule has 0 radical (unpaired) electrons. The number of rotatable bonds is 16. The van der Waals surface area contributed by atoms with Crippen molar-refractivity contribution in [1.82, 2.24) is 20.4 Å². The van der Waals surface area contributed by atoms with Crippen molar-refractivity contribution in [3.63, 3.8) is 0 Å². The fourth-order valence-electron chi connectivity index (χ4n) is 6.99. The minimum Gasteiger partial charge on any atom is -0.393 e. The number of ketones is 2. The van der Waals surface area contributed by atoms with Crippen LogP contribution in [0.15, 0.2) is 97.1 Å². The van der Waals surface area contributed by atoms with E-state index in [0.717, 1.165) is 28.2 Å². The van der Waals surface area contributed by atoms with Crippen molar-refractivity contribution in [2.24, 2.45) is 0 Å². The number of ether oxygens (including phenoxy) is 2. The lowest BCUT2D eigenvalue weighted by atomic mass is 9.92. The summed E-state index contributed by atoms with van der Waals surface area (Å²) in [7, 11) is 5.50. The fraction of sp³-hybridized carbons (Fsp3) is 0.358. The lowest BCUT2D eigenvalue weighted by Crippen LogP contribution is -2.62. The van der Waals surface area contributed by atoms with Crippen LogP contribution in [-0.4, -0.2) is 149 Å². The van der Waals surface area contributed by atoms with Gasteiger partial charge in [0, 0.05) is 68.2 Å². The van der Waals surface area contributed by atoms with Gasteiger partial charge in [-0.15, -0.1) is 0 Å². The number of likely N-dealkylation sites (N-methyl/N-ethyl adjacent to an activating group) is 4. The Morgan fingerprint density at radius 3 is 1.29 bits per heavy atom. The molecule has 1 unspecified atom stereocenters. The van der Waals surface area contributed by atoms with Gasteiger partial charge in [0.15, 0.2) is 28.9 Å². The van der Waals surface area contributed by atoms with Crippen LogP contribution in [0.1, 0.15) is 99.4 Å². The first-order valence-electron chi connectivity index (χ1n) is 22.3. The Kier molecular flexibility index (Phi) is 20.7. The van der Waals surface area contributed by atoms with Crippen LogP contribution in [-0.2, 0) is 28.7 Å². The molecule has 0 saturated carbocycles. The first kappa shape index (κ1) is 55.5. The zero-order chi connectivity index (χ0) is 51.6. The Balaban J connectivity index is 0.000000309. The molecule has 7 N–H and O–H groups in total. The standard InChI is InChI=1S/C29H34N2O7.C24H26N2O6/c1-29(28(36)30-2,25(34)19-38-26-6-4-5-17-37-26)31(3)27(35)23-15-11-21(12-16-23)8-7-20-9-13-22(14-10-20)24(33)18-32;1-24(21(30)15-28,23(32)25-2)26(3)22(31)19-12-8-17(9-13-19)5-4-16-6-10-18(11-7-16)20(29)14-27/h9-16,24,26,32-33H,4-6,17-19H2,1-3H3,(H,30,36);6-13,20,27-29H,14-15H2,1-3H3,(H,25,32)/t24-,26?,29-;20-,24-/m11/s1. The largest absolute Gasteiger partial charge is 0.393 e. The molecule has 1 heterocycles. The Morgan fingerprint density at radius 2 is 0.971 bits per heavy atom. The van der Waals surface area contributed by atoms with Gasteiger partial charge in [0.1, 0.15) is 25.4 Å². The summed E-state index contributed by atoms with van der Waals surface area (Å²) in [6.45, 7) is 1.30. The fourth-order valence-corrected chi connectivity index (χ4v) is 6.99. The van der Waals surface area contributed by atoms with Crippen molar-refractivity contribution < 1.29 is 63.8 Å². The van der Waals surface area contributed by atoms with Crippen LogP contribution in [0.2, 0.25) is 0 Å². The first-order chi connectivity index (χ1) is 33.4. The number of carbonyl (C=O) groups is 6. The van der Waals surface area contributed by atoms with Crippen LogP contribution in [0.4, 0.5) is 0 Å². The first-order valence-corrected chi connectivity index (χ1v) is 22.3. The molecule has 17 nitrogen and oxygen atoms in total. The number of nitrogens with one attached hydrogen (secondary N) is 2. The quantitative estimate of drug-likeness (QED) is 0.0629. The Morgan fingerprint density at radius 1 is 0.614 bits per heavy atom. The molecule has 1 fully saturated rings. The lowest BCUT2D eigenvalue weighted by Gasteiger charge is -2.36. The van der Waals surface area contributed by atoms with E-state index in [1.165, 1.54) is 54.2 Å². The van der Waals surface area contributed by atoms with E-state index in [-0.39, 0.29) is 25.4 Å². The lowest BCUT2D eigenvalue weighted by molar-refractivity contribution is -0.174. The number of benzene rings is 4. The zero-order valence-electron chi connectivity index (χ0n) is 40.0. The number of nitrogens with zero attached hydrogens (tertiary/aromatic N) is 2. The summed E-state index contributed by atoms with van der Waals surface area (Å²) < 4.78 is 11.1. The highest BCUT2D eigenvalue weighted by molar-refractivity contribution is 6.15. The van der Waals surface area contributed by atoms with E-state index in [9.17, 15) is 44.1 Å². The van der Waals surface area contributed by atoms with Gasteiger partial charge in [0.2, 0.25) is 0 Å². The van der Waals surface area contributed by atoms with E-state index in [2.05, 4.69) is 34.3 Å². The third-order valence-electron chi connectivity index (χ3n) is 12.0. The maximum atomic E-state index is 13.3. The summed E-state index contributed by atoms with van der Waals surface area (Å²) in [4.78, 5) is 78.7. The van der Waals surface area contributed by atoms with Gasteiger partial charge in [-0.1, -0.05) is 47.9 Å². The molecule has 370 valence electrons. The van der Waals surface area contributed by atoms with Crippen molar-refractivity contribution >= 4 is 35.2 Å². The van der Waals surface area contributed by atoms with Crippen molar-refractivity contribution in [3.8, 4) is 23.7 Å². The van der Waals surface area contributed by atoms with Crippen molar-refractivity contribution in [2.45, 2.75) is 62.7 Å². The van der Waals surface area contributed by atoms with Crippen LogP contribution in [0.5, 0.6) is 0 Å². The zero-order valence-corrected chi connectivity index (χ0v) is 40.0. The highest BCUT2D eigenvalue weighted by Crippen LogP contribution is 2.23. The molecule has 5 atom stereocenters. The second-order valence-electron chi connectivity index (χ2n) is 16.4. The van der Waals surface area contributed by atoms with E-state index in [1.54, 1.807) is 84.9 Å². The number of carbonyl (C=O) groups excluding carboxylic acids is 6. The molecule has 4 aromatic rings. The van der Waals surface area contributed by atoms with E-state index in [1.807, 2.05) is 0 Å². The molecule has 1 saturated heterocycles. The highest BCUT2D eigenvalue weighted by Gasteiger charge is 2.47. The smallest absolute Gasteiger partial charge is 0.254 e. The van der Waals surface area contributed by atoms with Gasteiger partial charge < -0.3 is 55.4 Å². The summed E-state index contributed by atoms with van der Waals surface area (Å²) in [5, 5.41) is 51.4. The van der Waals surface area contributed by atoms with Gasteiger partial charge in [-0.05, 0) is 117 Å². The van der Waals surface area contributed by atoms with Gasteiger partial charge in [0.25, 0.3) is 23.6 Å². The third-order valence-corrected chi connectivity index (χ3v) is 12.0. The van der Waals surface area contributed by atoms with Crippen LogP contribution >= 0.6 is 0 Å². The molecular formula is C53H60N4O13. The van der Waals surface area contributed by atoms with Gasteiger partial charge >= 0.3 is 0 Å². The SMILES string of the molecule is CNC(=O)[C@@](C)(C(=O)CO)N(C)C(=O)c1ccc(C#Cc2ccc([C@H](O)CO)cc2)cc1.CNC(=O)[C@@](C)(C(=O)COC1CCCCO1)N(C)C(=O)c1ccc(C#Cc2ccc([C@H](O)CO)cc2)cc1. The Labute approximate surface area is 407 Å². The summed E-state index contributed by atoms with van der Waals surface area (Å²) in [5.74, 6) is 8.22. The predicted octanol–water partition coefficient (Wildman–Crippen LogP) is 2.05. The average molecular weight is 961 g/mol. The van der Waals surface area contributed by atoms with Crippen molar-refractivity contribution in [1.29, 1.82) is 0 Å². The topological polar surface area (TPSA) is 253 Å². The molecule has 70 heavy (non-hydrogen) atoms. The van der Waals surface area contributed by atoms with Gasteiger partial charge in [-0.2, -0.15) is 0 Å². The minimum atomic E-state index is -1.85. The summed E-state index contributed by atoms with van der Waals surface area (Å²) >= 11 is 0. The van der Waals surface area contributed by atoms with E-state index in [4.69, 9.17) is 19.7 Å². The van der Waals surface area contributed by atoms with E-state index < -0.39 is 71.4 Å². The molecule has 4 aromatic carbocycles. The maximum Gasteiger partial charge on any atom is 0.254 e. The van der Waals surface area contributed by atoms with Gasteiger partial charge in [0.05, 0.1) is 13.2 Å². The molecule has 0 aliphatic carbocycles. The third kappa shape index (κ3) is 13.8. The maximum absolute atomic E-state index is 13.3. The molecular weight excluding hydrogens is 901 g/mol. The molecule has 1 aliphatic rings. The summed E-state index contributed by atoms with van der Waals surface area (Å²) in [6, 6.07) is 26.6. The second kappa shape index (κ2) is 26.1. The number of hydrogen-bond donors (Lipinski definition) is 7. The molecule has 5 rings (SSSR count). The number of aliphatic hydroxyl groups excluding tert-OH is 5. The molecule has 0 bridgehead atoms. The van der Waals surface area contributed by atoms with Gasteiger partial charge in [-0.3, -0.25) is 28.8 Å². The van der Waals surface area contributed by atoms with Crippen LogP contribution in [0.3, 0.4) is 0 Å². The minimum absolute atomic E-state index is 0.251. The average Bonchev–Trinajstić information content (AvgIpc) is 3.41. The summed E-state index contributed by atoms with van der Waals surface area (Å²) in [5.41, 5.74) is 0.834. The number of aliphatic hydroxyl groups is 5. The summed E-state index contributed by atoms with van der Waals surface area (Å²) in [6.07, 6.45) is 0.186. The molecule has 1 aliphatic heterocycles. The number of amides is 4.